The SMILES string of the molecule is CC(Sc1nnc(-c2ccccc2F)n1N)C(=O)N1CCN(Cc2ccccc2)CC1. The summed E-state index contributed by atoms with van der Waals surface area (Å²) in [6.45, 7) is 5.77. The van der Waals surface area contributed by atoms with Gasteiger partial charge in [0.25, 0.3) is 0 Å². The molecule has 1 amide bonds. The van der Waals surface area contributed by atoms with Crippen LogP contribution < -0.4 is 5.84 Å². The Kier molecular flexibility index (Phi) is 6.53. The fourth-order valence-electron chi connectivity index (χ4n) is 3.62. The van der Waals surface area contributed by atoms with E-state index in [0.717, 1.165) is 19.6 Å². The van der Waals surface area contributed by atoms with E-state index in [9.17, 15) is 9.18 Å². The molecule has 0 saturated carbocycles. The number of aromatic nitrogens is 3. The number of carbonyl (C=O) groups excluding carboxylic acids is 1. The van der Waals surface area contributed by atoms with Crippen LogP contribution in [0, 0.1) is 5.82 Å². The normalized spacial score (nSPS) is 15.7. The Morgan fingerprint density at radius 2 is 1.74 bits per heavy atom. The molecule has 2 N–H and O–H groups in total. The summed E-state index contributed by atoms with van der Waals surface area (Å²) < 4.78 is 15.3. The number of nitrogen functional groups attached to an aromatic ring is 1. The maximum atomic E-state index is 14.1. The van der Waals surface area contributed by atoms with Crippen molar-refractivity contribution < 1.29 is 9.18 Å². The lowest BCUT2D eigenvalue weighted by molar-refractivity contribution is -0.132. The van der Waals surface area contributed by atoms with Crippen molar-refractivity contribution in [3.8, 4) is 11.4 Å². The molecule has 9 heteroatoms. The van der Waals surface area contributed by atoms with Crippen LogP contribution in [-0.4, -0.2) is 62.0 Å². The molecule has 2 heterocycles. The number of hydrogen-bond acceptors (Lipinski definition) is 6. The van der Waals surface area contributed by atoms with Gasteiger partial charge >= 0.3 is 0 Å². The summed E-state index contributed by atoms with van der Waals surface area (Å²) in [6.07, 6.45) is 0. The third-order valence-corrected chi connectivity index (χ3v) is 6.39. The summed E-state index contributed by atoms with van der Waals surface area (Å²) in [4.78, 5) is 17.2. The Balaban J connectivity index is 1.34. The molecular formula is C22H25FN6OS. The van der Waals surface area contributed by atoms with Gasteiger partial charge in [0.1, 0.15) is 5.82 Å². The highest BCUT2D eigenvalue weighted by molar-refractivity contribution is 8.00. The van der Waals surface area contributed by atoms with Crippen molar-refractivity contribution in [1.29, 1.82) is 0 Å². The van der Waals surface area contributed by atoms with Gasteiger partial charge in [0.15, 0.2) is 5.82 Å². The van der Waals surface area contributed by atoms with Gasteiger partial charge in [0, 0.05) is 32.7 Å². The van der Waals surface area contributed by atoms with E-state index in [1.165, 1.54) is 28.1 Å². The lowest BCUT2D eigenvalue weighted by Gasteiger charge is -2.35. The summed E-state index contributed by atoms with van der Waals surface area (Å²) in [6, 6.07) is 16.6. The minimum atomic E-state index is -0.421. The average molecular weight is 441 g/mol. The van der Waals surface area contributed by atoms with E-state index >= 15 is 0 Å². The summed E-state index contributed by atoms with van der Waals surface area (Å²) in [5, 5.41) is 8.08. The molecule has 1 unspecified atom stereocenters. The second-order valence-corrected chi connectivity index (χ2v) is 8.81. The molecule has 162 valence electrons. The highest BCUT2D eigenvalue weighted by Gasteiger charge is 2.27. The third-order valence-electron chi connectivity index (χ3n) is 5.34. The third kappa shape index (κ3) is 4.88. The zero-order chi connectivity index (χ0) is 21.8. The van der Waals surface area contributed by atoms with Crippen LogP contribution in [0.1, 0.15) is 12.5 Å². The standard InChI is InChI=1S/C22H25FN6OS/c1-16(31-22-26-25-20(29(22)24)18-9-5-6-10-19(18)23)21(30)28-13-11-27(12-14-28)15-17-7-3-2-4-8-17/h2-10,16H,11-15,24H2,1H3. The van der Waals surface area contributed by atoms with Crippen LogP contribution in [0.4, 0.5) is 4.39 Å². The van der Waals surface area contributed by atoms with Gasteiger partial charge in [0.2, 0.25) is 11.1 Å². The summed E-state index contributed by atoms with van der Waals surface area (Å²) in [5.41, 5.74) is 1.55. The molecule has 1 fully saturated rings. The van der Waals surface area contributed by atoms with E-state index in [-0.39, 0.29) is 22.5 Å². The van der Waals surface area contributed by atoms with Crippen molar-refractivity contribution in [2.45, 2.75) is 23.9 Å². The maximum absolute atomic E-state index is 14.1. The monoisotopic (exact) mass is 440 g/mol. The van der Waals surface area contributed by atoms with Crippen molar-refractivity contribution in [2.24, 2.45) is 0 Å². The van der Waals surface area contributed by atoms with Crippen LogP contribution in [0.5, 0.6) is 0 Å². The topological polar surface area (TPSA) is 80.3 Å². The molecule has 1 aliphatic rings. The molecule has 0 bridgehead atoms. The zero-order valence-electron chi connectivity index (χ0n) is 17.3. The van der Waals surface area contributed by atoms with Gasteiger partial charge in [0.05, 0.1) is 10.8 Å². The Bertz CT molecular complexity index is 1040. The molecule has 0 spiro atoms. The first kappa shape index (κ1) is 21.3. The molecule has 3 aromatic rings. The van der Waals surface area contributed by atoms with E-state index in [0.29, 0.717) is 18.2 Å². The molecular weight excluding hydrogens is 415 g/mol. The summed E-state index contributed by atoms with van der Waals surface area (Å²) in [7, 11) is 0. The highest BCUT2D eigenvalue weighted by atomic mass is 32.2. The van der Waals surface area contributed by atoms with E-state index in [1.807, 2.05) is 30.0 Å². The number of piperazine rings is 1. The summed E-state index contributed by atoms with van der Waals surface area (Å²) in [5.74, 6) is 5.95. The number of amides is 1. The lowest BCUT2D eigenvalue weighted by Crippen LogP contribution is -2.50. The second-order valence-electron chi connectivity index (χ2n) is 7.50. The van der Waals surface area contributed by atoms with Gasteiger partial charge in [-0.15, -0.1) is 10.2 Å². The van der Waals surface area contributed by atoms with E-state index < -0.39 is 5.82 Å². The van der Waals surface area contributed by atoms with Gasteiger partial charge in [-0.2, -0.15) is 0 Å². The predicted octanol–water partition coefficient (Wildman–Crippen LogP) is 2.62. The number of halogens is 1. The molecule has 4 rings (SSSR count). The first-order valence-corrected chi connectivity index (χ1v) is 11.1. The Morgan fingerprint density at radius 1 is 1.06 bits per heavy atom. The number of thioether (sulfide) groups is 1. The fraction of sp³-hybridized carbons (Fsp3) is 0.318. The number of nitrogens with zero attached hydrogens (tertiary/aromatic N) is 5. The van der Waals surface area contributed by atoms with Gasteiger partial charge in [-0.3, -0.25) is 9.69 Å². The van der Waals surface area contributed by atoms with Crippen LogP contribution in [0.15, 0.2) is 59.8 Å². The first-order valence-electron chi connectivity index (χ1n) is 10.2. The fourth-order valence-corrected chi connectivity index (χ4v) is 4.47. The summed E-state index contributed by atoms with van der Waals surface area (Å²) >= 11 is 1.23. The molecule has 0 aliphatic carbocycles. The number of benzene rings is 2. The van der Waals surface area contributed by atoms with Crippen molar-refractivity contribution in [3.63, 3.8) is 0 Å². The van der Waals surface area contributed by atoms with Crippen molar-refractivity contribution >= 4 is 17.7 Å². The molecule has 1 atom stereocenters. The Morgan fingerprint density at radius 3 is 2.45 bits per heavy atom. The van der Waals surface area contributed by atoms with Crippen molar-refractivity contribution in [1.82, 2.24) is 24.7 Å². The van der Waals surface area contributed by atoms with Crippen LogP contribution in [-0.2, 0) is 11.3 Å². The van der Waals surface area contributed by atoms with Gasteiger partial charge < -0.3 is 10.7 Å². The van der Waals surface area contributed by atoms with Gasteiger partial charge in [-0.25, -0.2) is 9.07 Å². The van der Waals surface area contributed by atoms with Crippen LogP contribution in [0.25, 0.3) is 11.4 Å². The average Bonchev–Trinajstić information content (AvgIpc) is 3.14. The van der Waals surface area contributed by atoms with E-state index in [4.69, 9.17) is 5.84 Å². The number of hydrogen-bond donors (Lipinski definition) is 1. The Hall–Kier alpha value is -2.91. The second kappa shape index (κ2) is 9.49. The molecule has 1 aliphatic heterocycles. The first-order chi connectivity index (χ1) is 15.0. The van der Waals surface area contributed by atoms with Crippen molar-refractivity contribution in [2.75, 3.05) is 32.0 Å². The number of rotatable bonds is 6. The maximum Gasteiger partial charge on any atom is 0.235 e. The largest absolute Gasteiger partial charge is 0.339 e. The molecule has 1 saturated heterocycles. The minimum absolute atomic E-state index is 0.0415. The van der Waals surface area contributed by atoms with Crippen molar-refractivity contribution in [3.05, 3.63) is 66.0 Å². The Labute approximate surface area is 185 Å². The van der Waals surface area contributed by atoms with E-state index in [2.05, 4.69) is 27.2 Å². The number of carbonyl (C=O) groups is 1. The highest BCUT2D eigenvalue weighted by Crippen LogP contribution is 2.27. The number of nitrogens with two attached hydrogens (primary N) is 1. The van der Waals surface area contributed by atoms with Gasteiger partial charge in [-0.05, 0) is 24.6 Å². The molecule has 2 aromatic carbocycles. The molecule has 1 aromatic heterocycles. The van der Waals surface area contributed by atoms with Crippen LogP contribution in [0.3, 0.4) is 0 Å². The molecule has 0 radical (unpaired) electrons. The van der Waals surface area contributed by atoms with Gasteiger partial charge in [-0.1, -0.05) is 54.2 Å². The van der Waals surface area contributed by atoms with Crippen LogP contribution >= 0.6 is 11.8 Å². The smallest absolute Gasteiger partial charge is 0.235 e. The predicted molar refractivity (Wildman–Crippen MR) is 119 cm³/mol. The van der Waals surface area contributed by atoms with Crippen LogP contribution in [0.2, 0.25) is 0 Å². The zero-order valence-corrected chi connectivity index (χ0v) is 18.1. The minimum Gasteiger partial charge on any atom is -0.339 e. The van der Waals surface area contributed by atoms with E-state index in [1.54, 1.807) is 18.2 Å². The quantitative estimate of drug-likeness (QED) is 0.469. The molecule has 7 nitrogen and oxygen atoms in total. The molecule has 31 heavy (non-hydrogen) atoms. The lowest BCUT2D eigenvalue weighted by atomic mass is 10.2.